The summed E-state index contributed by atoms with van der Waals surface area (Å²) >= 11 is 0. The molecule has 0 rings (SSSR count). The maximum absolute atomic E-state index is 2.00. The van der Waals surface area contributed by atoms with Crippen LogP contribution in [0.5, 0.6) is 0 Å². The SMILES string of the molecule is C.C.CC.CC.[CH3-]. The molecule has 0 spiro atoms. The lowest BCUT2D eigenvalue weighted by molar-refractivity contribution is 1.50. The summed E-state index contributed by atoms with van der Waals surface area (Å²) in [6.07, 6.45) is 0. The highest BCUT2D eigenvalue weighted by molar-refractivity contribution is 3.51. The van der Waals surface area contributed by atoms with Gasteiger partial charge < -0.3 is 7.43 Å². The average molecular weight is 107 g/mol. The summed E-state index contributed by atoms with van der Waals surface area (Å²) < 4.78 is 0. The van der Waals surface area contributed by atoms with Crippen molar-refractivity contribution in [3.8, 4) is 0 Å². The topological polar surface area (TPSA) is 0 Å². The molecule has 0 aliphatic rings. The fourth-order valence-electron chi connectivity index (χ4n) is 0. The molecule has 0 amide bonds. The van der Waals surface area contributed by atoms with Crippen molar-refractivity contribution >= 4 is 0 Å². The third-order valence-corrected chi connectivity index (χ3v) is 0. The smallest absolute Gasteiger partial charge is 0.0683 e. The highest BCUT2D eigenvalue weighted by Gasteiger charge is 0.934. The van der Waals surface area contributed by atoms with E-state index in [-0.39, 0.29) is 22.3 Å². The Morgan fingerprint density at radius 3 is 0.571 bits per heavy atom. The van der Waals surface area contributed by atoms with Gasteiger partial charge in [-0.1, -0.05) is 42.5 Å². The van der Waals surface area contributed by atoms with E-state index in [1.54, 1.807) is 0 Å². The van der Waals surface area contributed by atoms with Gasteiger partial charge in [0.25, 0.3) is 0 Å². The fraction of sp³-hybridized carbons (Fsp3) is 0.857. The molecule has 0 aromatic heterocycles. The minimum absolute atomic E-state index is 0. The van der Waals surface area contributed by atoms with Crippen molar-refractivity contribution in [1.29, 1.82) is 0 Å². The average Bonchev–Trinajstić information content (AvgIpc) is 1.50. The predicted molar refractivity (Wildman–Crippen MR) is 42.6 cm³/mol. The third-order valence-electron chi connectivity index (χ3n) is 0. The van der Waals surface area contributed by atoms with E-state index in [4.69, 9.17) is 0 Å². The summed E-state index contributed by atoms with van der Waals surface area (Å²) in [6, 6.07) is 0. The van der Waals surface area contributed by atoms with E-state index in [1.165, 1.54) is 0 Å². The summed E-state index contributed by atoms with van der Waals surface area (Å²) in [7, 11) is 0. The molecule has 0 atom stereocenters. The van der Waals surface area contributed by atoms with Crippen LogP contribution >= 0.6 is 0 Å². The largest absolute Gasteiger partial charge is 0.358 e. The summed E-state index contributed by atoms with van der Waals surface area (Å²) in [4.78, 5) is 0. The van der Waals surface area contributed by atoms with Crippen molar-refractivity contribution in [3.63, 3.8) is 0 Å². The van der Waals surface area contributed by atoms with Crippen molar-refractivity contribution in [1.82, 2.24) is 0 Å². The van der Waals surface area contributed by atoms with Crippen LogP contribution < -0.4 is 0 Å². The van der Waals surface area contributed by atoms with E-state index in [0.29, 0.717) is 0 Å². The Bertz CT molecular complexity index is 0. The van der Waals surface area contributed by atoms with Gasteiger partial charge in [-0.15, -0.1) is 0 Å². The second-order valence-electron chi connectivity index (χ2n) is 0. The fourth-order valence-corrected chi connectivity index (χ4v) is 0. The van der Waals surface area contributed by atoms with Gasteiger partial charge in [0.05, 0.1) is 0 Å². The normalized spacial score (nSPS) is 1.71. The molecule has 0 heteroatoms. The third kappa shape index (κ3) is 0. The predicted octanol–water partition coefficient (Wildman–Crippen LogP) is 3.77. The Morgan fingerprint density at radius 1 is 0.571 bits per heavy atom. The molecule has 0 aliphatic heterocycles. The number of rotatable bonds is 0. The second-order valence-corrected chi connectivity index (χ2v) is 0. The monoisotopic (exact) mass is 107 g/mol. The summed E-state index contributed by atoms with van der Waals surface area (Å²) in [5.74, 6) is 0. The second kappa shape index (κ2) is 0. The van der Waals surface area contributed by atoms with E-state index >= 15 is 0 Å². The summed E-state index contributed by atoms with van der Waals surface area (Å²) in [6.45, 7) is 8.00. The molecule has 52 valence electrons. The Balaban J connectivity index is -0.00000000267. The van der Waals surface area contributed by atoms with Crippen LogP contribution in [0.1, 0.15) is 42.5 Å². The molecule has 0 nitrogen and oxygen atoms in total. The standard InChI is InChI=1S/2C2H6.2CH4.CH3/c2*1-2;;;/h2*1-2H3;2*1H4;1H3/q;;;;-1. The van der Waals surface area contributed by atoms with E-state index in [1.807, 2.05) is 27.7 Å². The van der Waals surface area contributed by atoms with E-state index in [9.17, 15) is 0 Å². The van der Waals surface area contributed by atoms with Gasteiger partial charge >= 0.3 is 0 Å². The molecule has 0 N–H and O–H groups in total. The first-order valence-corrected chi connectivity index (χ1v) is 2.00. The van der Waals surface area contributed by atoms with Crippen LogP contribution in [0.2, 0.25) is 0 Å². The molecule has 0 saturated heterocycles. The quantitative estimate of drug-likeness (QED) is 0.413. The van der Waals surface area contributed by atoms with Crippen LogP contribution in [0.3, 0.4) is 0 Å². The first-order chi connectivity index (χ1) is 2.00. The van der Waals surface area contributed by atoms with E-state index in [0.717, 1.165) is 0 Å². The van der Waals surface area contributed by atoms with Gasteiger partial charge in [-0.25, -0.2) is 0 Å². The zero-order chi connectivity index (χ0) is 4.00. The Hall–Kier alpha value is 0. The lowest BCUT2D eigenvalue weighted by Gasteiger charge is -1.07. The van der Waals surface area contributed by atoms with Crippen LogP contribution in [-0.2, 0) is 0 Å². The van der Waals surface area contributed by atoms with Crippen molar-refractivity contribution in [2.75, 3.05) is 0 Å². The molecule has 0 unspecified atom stereocenters. The van der Waals surface area contributed by atoms with Crippen LogP contribution in [-0.4, -0.2) is 0 Å². The first kappa shape index (κ1) is 63.0. The Labute approximate surface area is 51.0 Å². The summed E-state index contributed by atoms with van der Waals surface area (Å²) in [5.41, 5.74) is 0. The molecule has 0 heterocycles. The van der Waals surface area contributed by atoms with E-state index < -0.39 is 0 Å². The van der Waals surface area contributed by atoms with Crippen LogP contribution in [0.15, 0.2) is 0 Å². The molecular formula is C7H23-. The molecule has 0 saturated carbocycles. The number of hydrogen-bond acceptors (Lipinski definition) is 0. The van der Waals surface area contributed by atoms with E-state index in [2.05, 4.69) is 0 Å². The maximum atomic E-state index is 2.00. The van der Waals surface area contributed by atoms with Gasteiger partial charge in [0, 0.05) is 0 Å². The van der Waals surface area contributed by atoms with Gasteiger partial charge in [0.15, 0.2) is 0 Å². The molecule has 7 heavy (non-hydrogen) atoms. The van der Waals surface area contributed by atoms with Crippen molar-refractivity contribution in [2.45, 2.75) is 42.5 Å². The zero-order valence-electron chi connectivity index (χ0n) is 5.00. The number of hydrogen-bond donors (Lipinski definition) is 0. The molecule has 0 aromatic carbocycles. The lowest BCUT2D eigenvalue weighted by Crippen LogP contribution is -0.856. The van der Waals surface area contributed by atoms with Crippen LogP contribution in [0.25, 0.3) is 0 Å². The highest BCUT2D eigenvalue weighted by atomic mass is 13.0. The molecule has 0 aliphatic carbocycles. The lowest BCUT2D eigenvalue weighted by atomic mass is 11.0. The molecule has 0 fully saturated rings. The Kier molecular flexibility index (Phi) is 0. The van der Waals surface area contributed by atoms with Crippen LogP contribution in [0, 0.1) is 7.43 Å². The minimum Gasteiger partial charge on any atom is -0.358 e. The van der Waals surface area contributed by atoms with Crippen molar-refractivity contribution in [3.05, 3.63) is 7.43 Å². The Morgan fingerprint density at radius 2 is 0.571 bits per heavy atom. The first-order valence-electron chi connectivity index (χ1n) is 2.00. The van der Waals surface area contributed by atoms with Gasteiger partial charge in [-0.3, -0.25) is 0 Å². The maximum Gasteiger partial charge on any atom is -0.0683 e. The van der Waals surface area contributed by atoms with Gasteiger partial charge in [0.1, 0.15) is 0 Å². The summed E-state index contributed by atoms with van der Waals surface area (Å²) in [5, 5.41) is 0. The van der Waals surface area contributed by atoms with Crippen molar-refractivity contribution in [2.24, 2.45) is 0 Å². The highest BCUT2D eigenvalue weighted by Crippen LogP contribution is 1.15. The van der Waals surface area contributed by atoms with Gasteiger partial charge in [-0.2, -0.15) is 0 Å². The minimum atomic E-state index is 0. The molecular weight excluding hydrogens is 84.1 g/mol. The molecule has 0 bridgehead atoms. The van der Waals surface area contributed by atoms with Gasteiger partial charge in [-0.05, 0) is 0 Å². The zero-order valence-corrected chi connectivity index (χ0v) is 5.00. The van der Waals surface area contributed by atoms with Crippen LogP contribution in [0.4, 0.5) is 0 Å². The molecule has 0 radical (unpaired) electrons. The molecule has 0 aromatic rings. The van der Waals surface area contributed by atoms with Crippen molar-refractivity contribution < 1.29 is 0 Å². The van der Waals surface area contributed by atoms with Gasteiger partial charge in [0.2, 0.25) is 0 Å².